The molecule has 1 fully saturated rings. The highest BCUT2D eigenvalue weighted by Crippen LogP contribution is 2.20. The van der Waals surface area contributed by atoms with E-state index in [1.807, 2.05) is 36.4 Å². The van der Waals surface area contributed by atoms with Crippen molar-refractivity contribution in [3.05, 3.63) is 54.4 Å². The summed E-state index contributed by atoms with van der Waals surface area (Å²) >= 11 is 0. The molecule has 1 aliphatic heterocycles. The fourth-order valence-corrected chi connectivity index (χ4v) is 3.28. The number of aromatic nitrogens is 1. The second-order valence-electron chi connectivity index (χ2n) is 6.57. The van der Waals surface area contributed by atoms with Gasteiger partial charge in [-0.25, -0.2) is 0 Å². The lowest BCUT2D eigenvalue weighted by molar-refractivity contribution is -0.131. The highest BCUT2D eigenvalue weighted by atomic mass is 16.3. The monoisotopic (exact) mass is 353 g/mol. The molecule has 1 aliphatic rings. The third kappa shape index (κ3) is 4.08. The van der Waals surface area contributed by atoms with E-state index in [4.69, 9.17) is 0 Å². The fourth-order valence-electron chi connectivity index (χ4n) is 3.28. The zero-order chi connectivity index (χ0) is 18.5. The number of nitrogens with one attached hydrogen (secondary N) is 1. The average Bonchev–Trinajstić information content (AvgIpc) is 2.68. The molecule has 0 spiro atoms. The molecular formula is C20H23N3O3. The largest absolute Gasteiger partial charge is 0.396 e. The van der Waals surface area contributed by atoms with Crippen molar-refractivity contribution >= 4 is 11.8 Å². The number of carbonyl (C=O) groups is 2. The average molecular weight is 353 g/mol. The first-order valence-corrected chi connectivity index (χ1v) is 8.77. The molecule has 0 radical (unpaired) electrons. The van der Waals surface area contributed by atoms with Gasteiger partial charge in [0.15, 0.2) is 0 Å². The Balaban J connectivity index is 1.75. The number of aliphatic hydroxyl groups excluding tert-OH is 1. The summed E-state index contributed by atoms with van der Waals surface area (Å²) in [5.74, 6) is -0.381. The van der Waals surface area contributed by atoms with Crippen LogP contribution in [0.15, 0.2) is 48.7 Å². The molecule has 26 heavy (non-hydrogen) atoms. The van der Waals surface area contributed by atoms with Gasteiger partial charge in [0.2, 0.25) is 5.91 Å². The number of hydrogen-bond donors (Lipinski definition) is 2. The molecule has 3 rings (SSSR count). The lowest BCUT2D eigenvalue weighted by atomic mass is 9.92. The summed E-state index contributed by atoms with van der Waals surface area (Å²) in [6.45, 7) is 2.51. The molecule has 1 aromatic carbocycles. The molecule has 2 amide bonds. The SMILES string of the molecule is CC(=O)N1CC[C@@H](CO)[C@H](NC(=O)c2cc(-c3ccccc3)ccn2)C1. The molecule has 2 N–H and O–H groups in total. The maximum absolute atomic E-state index is 12.7. The quantitative estimate of drug-likeness (QED) is 0.877. The first-order chi connectivity index (χ1) is 12.6. The van der Waals surface area contributed by atoms with Gasteiger partial charge in [-0.05, 0) is 29.7 Å². The smallest absolute Gasteiger partial charge is 0.270 e. The number of rotatable bonds is 4. The summed E-state index contributed by atoms with van der Waals surface area (Å²) in [5, 5.41) is 12.5. The van der Waals surface area contributed by atoms with Crippen LogP contribution in [0.1, 0.15) is 23.8 Å². The molecule has 0 saturated carbocycles. The minimum Gasteiger partial charge on any atom is -0.396 e. The zero-order valence-corrected chi connectivity index (χ0v) is 14.8. The summed E-state index contributed by atoms with van der Waals surface area (Å²) in [7, 11) is 0. The van der Waals surface area contributed by atoms with E-state index >= 15 is 0 Å². The Morgan fingerprint density at radius 3 is 2.69 bits per heavy atom. The van der Waals surface area contributed by atoms with Crippen molar-refractivity contribution in [3.63, 3.8) is 0 Å². The number of benzene rings is 1. The summed E-state index contributed by atoms with van der Waals surface area (Å²) in [6.07, 6.45) is 2.28. The predicted octanol–water partition coefficient (Wildman–Crippen LogP) is 1.71. The molecule has 2 aromatic rings. The van der Waals surface area contributed by atoms with E-state index in [9.17, 15) is 14.7 Å². The van der Waals surface area contributed by atoms with Crippen molar-refractivity contribution in [3.8, 4) is 11.1 Å². The van der Waals surface area contributed by atoms with Crippen LogP contribution in [0.25, 0.3) is 11.1 Å². The third-order valence-corrected chi connectivity index (χ3v) is 4.85. The van der Waals surface area contributed by atoms with E-state index in [-0.39, 0.29) is 30.4 Å². The lowest BCUT2D eigenvalue weighted by Gasteiger charge is -2.37. The second-order valence-corrected chi connectivity index (χ2v) is 6.57. The van der Waals surface area contributed by atoms with Gasteiger partial charge in [-0.1, -0.05) is 30.3 Å². The van der Waals surface area contributed by atoms with E-state index in [1.165, 1.54) is 6.92 Å². The van der Waals surface area contributed by atoms with Crippen LogP contribution in [0, 0.1) is 5.92 Å². The summed E-state index contributed by atoms with van der Waals surface area (Å²) in [4.78, 5) is 30.2. The van der Waals surface area contributed by atoms with Gasteiger partial charge in [-0.3, -0.25) is 14.6 Å². The molecule has 2 heterocycles. The molecule has 1 aromatic heterocycles. The van der Waals surface area contributed by atoms with Crippen LogP contribution in [0.5, 0.6) is 0 Å². The topological polar surface area (TPSA) is 82.5 Å². The van der Waals surface area contributed by atoms with Gasteiger partial charge in [0.1, 0.15) is 5.69 Å². The molecule has 0 aliphatic carbocycles. The van der Waals surface area contributed by atoms with Crippen molar-refractivity contribution in [1.29, 1.82) is 0 Å². The van der Waals surface area contributed by atoms with Gasteiger partial charge in [-0.15, -0.1) is 0 Å². The Bertz CT molecular complexity index is 779. The molecular weight excluding hydrogens is 330 g/mol. The highest BCUT2D eigenvalue weighted by molar-refractivity contribution is 5.93. The normalized spacial score (nSPS) is 19.8. The Morgan fingerprint density at radius 2 is 2.00 bits per heavy atom. The number of nitrogens with zero attached hydrogens (tertiary/aromatic N) is 2. The second kappa shape index (κ2) is 8.10. The van der Waals surface area contributed by atoms with Crippen LogP contribution in [-0.4, -0.2) is 52.5 Å². The van der Waals surface area contributed by atoms with Crippen LogP contribution >= 0.6 is 0 Å². The Kier molecular flexibility index (Phi) is 5.63. The molecule has 6 nitrogen and oxygen atoms in total. The summed E-state index contributed by atoms with van der Waals surface area (Å²) < 4.78 is 0. The first-order valence-electron chi connectivity index (χ1n) is 8.77. The van der Waals surface area contributed by atoms with Gasteiger partial charge >= 0.3 is 0 Å². The minimum absolute atomic E-state index is 0.0197. The maximum atomic E-state index is 12.7. The van der Waals surface area contributed by atoms with E-state index in [1.54, 1.807) is 17.2 Å². The van der Waals surface area contributed by atoms with E-state index < -0.39 is 0 Å². The number of aliphatic hydroxyl groups is 1. The van der Waals surface area contributed by atoms with Crippen molar-refractivity contribution in [2.45, 2.75) is 19.4 Å². The zero-order valence-electron chi connectivity index (χ0n) is 14.8. The van der Waals surface area contributed by atoms with Crippen LogP contribution in [0.4, 0.5) is 0 Å². The van der Waals surface area contributed by atoms with E-state index in [0.717, 1.165) is 11.1 Å². The number of amides is 2. The fraction of sp³-hybridized carbons (Fsp3) is 0.350. The molecule has 0 unspecified atom stereocenters. The minimum atomic E-state index is -0.295. The Hall–Kier alpha value is -2.73. The van der Waals surface area contributed by atoms with Gasteiger partial charge in [0.25, 0.3) is 5.91 Å². The van der Waals surface area contributed by atoms with Gasteiger partial charge in [-0.2, -0.15) is 0 Å². The first kappa shape index (κ1) is 18.1. The lowest BCUT2D eigenvalue weighted by Crippen LogP contribution is -2.54. The maximum Gasteiger partial charge on any atom is 0.270 e. The Morgan fingerprint density at radius 1 is 1.23 bits per heavy atom. The number of likely N-dealkylation sites (tertiary alicyclic amines) is 1. The summed E-state index contributed by atoms with van der Waals surface area (Å²) in [5.41, 5.74) is 2.25. The van der Waals surface area contributed by atoms with Crippen molar-refractivity contribution in [2.75, 3.05) is 19.7 Å². The van der Waals surface area contributed by atoms with Gasteiger partial charge < -0.3 is 15.3 Å². The van der Waals surface area contributed by atoms with E-state index in [0.29, 0.717) is 25.2 Å². The molecule has 0 bridgehead atoms. The van der Waals surface area contributed by atoms with Crippen LogP contribution in [0.3, 0.4) is 0 Å². The number of carbonyl (C=O) groups excluding carboxylic acids is 2. The van der Waals surface area contributed by atoms with Crippen LogP contribution < -0.4 is 5.32 Å². The number of pyridine rings is 1. The van der Waals surface area contributed by atoms with Gasteiger partial charge in [0, 0.05) is 38.7 Å². The molecule has 6 heteroatoms. The van der Waals surface area contributed by atoms with Crippen molar-refractivity contribution in [1.82, 2.24) is 15.2 Å². The standard InChI is InChI=1S/C20H23N3O3/c1-14(25)23-10-8-17(13-24)19(12-23)22-20(26)18-11-16(7-9-21-18)15-5-3-2-4-6-15/h2-7,9,11,17,19,24H,8,10,12-13H2,1H3,(H,22,26)/t17-,19+/m0/s1. The van der Waals surface area contributed by atoms with Gasteiger partial charge in [0.05, 0.1) is 6.04 Å². The Labute approximate surface area is 152 Å². The number of hydrogen-bond acceptors (Lipinski definition) is 4. The predicted molar refractivity (Wildman–Crippen MR) is 98.4 cm³/mol. The van der Waals surface area contributed by atoms with E-state index in [2.05, 4.69) is 10.3 Å². The van der Waals surface area contributed by atoms with Crippen LogP contribution in [-0.2, 0) is 4.79 Å². The summed E-state index contributed by atoms with van der Waals surface area (Å²) in [6, 6.07) is 13.1. The highest BCUT2D eigenvalue weighted by Gasteiger charge is 2.31. The molecule has 136 valence electrons. The van der Waals surface area contributed by atoms with Crippen molar-refractivity contribution in [2.24, 2.45) is 5.92 Å². The third-order valence-electron chi connectivity index (χ3n) is 4.85. The molecule has 2 atom stereocenters. The molecule has 1 saturated heterocycles. The van der Waals surface area contributed by atoms with Crippen molar-refractivity contribution < 1.29 is 14.7 Å². The number of piperidine rings is 1. The van der Waals surface area contributed by atoms with Crippen LogP contribution in [0.2, 0.25) is 0 Å².